The molecule has 0 saturated carbocycles. The van der Waals surface area contributed by atoms with E-state index in [1.54, 1.807) is 0 Å². The van der Waals surface area contributed by atoms with Crippen molar-refractivity contribution in [1.82, 2.24) is 10.2 Å². The molecule has 1 heterocycles. The molecule has 1 aliphatic heterocycles. The Morgan fingerprint density at radius 1 is 1.31 bits per heavy atom. The first kappa shape index (κ1) is 13.5. The Balaban J connectivity index is 2.27. The summed E-state index contributed by atoms with van der Waals surface area (Å²) in [4.78, 5) is 14.0. The molecule has 0 aromatic heterocycles. The fourth-order valence-electron chi connectivity index (χ4n) is 2.50. The first-order valence-corrected chi connectivity index (χ1v) is 6.46. The largest absolute Gasteiger partial charge is 0.355 e. The summed E-state index contributed by atoms with van der Waals surface area (Å²) in [6.45, 7) is 12.3. The SMILES string of the molecule is CC(C)CNC(=O)CN1CC(C)CC(C)C1. The summed E-state index contributed by atoms with van der Waals surface area (Å²) in [6, 6.07) is 0. The minimum absolute atomic E-state index is 0.176. The van der Waals surface area contributed by atoms with Crippen molar-refractivity contribution in [2.45, 2.75) is 34.1 Å². The van der Waals surface area contributed by atoms with E-state index in [0.29, 0.717) is 12.5 Å². The number of likely N-dealkylation sites (tertiary alicyclic amines) is 1. The van der Waals surface area contributed by atoms with Crippen molar-refractivity contribution >= 4 is 5.91 Å². The third kappa shape index (κ3) is 4.97. The van der Waals surface area contributed by atoms with Gasteiger partial charge in [0.05, 0.1) is 6.54 Å². The predicted octanol–water partition coefficient (Wildman–Crippen LogP) is 1.74. The van der Waals surface area contributed by atoms with E-state index in [2.05, 4.69) is 37.9 Å². The van der Waals surface area contributed by atoms with Gasteiger partial charge in [-0.05, 0) is 24.2 Å². The Kier molecular flexibility index (Phi) is 5.26. The van der Waals surface area contributed by atoms with Gasteiger partial charge in [-0.15, -0.1) is 0 Å². The van der Waals surface area contributed by atoms with Gasteiger partial charge in [-0.1, -0.05) is 27.7 Å². The molecule has 2 atom stereocenters. The molecular weight excluding hydrogens is 200 g/mol. The zero-order valence-electron chi connectivity index (χ0n) is 11.1. The molecule has 1 N–H and O–H groups in total. The average Bonchev–Trinajstić information content (AvgIpc) is 2.12. The summed E-state index contributed by atoms with van der Waals surface area (Å²) in [5.41, 5.74) is 0. The standard InChI is InChI=1S/C13H26N2O/c1-10(2)6-14-13(16)9-15-7-11(3)5-12(4)8-15/h10-12H,5-9H2,1-4H3,(H,14,16). The number of carbonyl (C=O) groups is 1. The lowest BCUT2D eigenvalue weighted by Gasteiger charge is -2.34. The lowest BCUT2D eigenvalue weighted by Crippen LogP contribution is -2.45. The van der Waals surface area contributed by atoms with Gasteiger partial charge in [-0.2, -0.15) is 0 Å². The maximum atomic E-state index is 11.7. The van der Waals surface area contributed by atoms with Gasteiger partial charge in [-0.25, -0.2) is 0 Å². The smallest absolute Gasteiger partial charge is 0.234 e. The van der Waals surface area contributed by atoms with E-state index in [9.17, 15) is 4.79 Å². The molecule has 0 aromatic rings. The van der Waals surface area contributed by atoms with Crippen molar-refractivity contribution in [3.8, 4) is 0 Å². The molecule has 1 saturated heterocycles. The summed E-state index contributed by atoms with van der Waals surface area (Å²) in [6.07, 6.45) is 1.30. The monoisotopic (exact) mass is 226 g/mol. The summed E-state index contributed by atoms with van der Waals surface area (Å²) >= 11 is 0. The molecule has 3 nitrogen and oxygen atoms in total. The van der Waals surface area contributed by atoms with Gasteiger partial charge in [0.15, 0.2) is 0 Å². The second kappa shape index (κ2) is 6.24. The van der Waals surface area contributed by atoms with Crippen molar-refractivity contribution < 1.29 is 4.79 Å². The number of rotatable bonds is 4. The van der Waals surface area contributed by atoms with Gasteiger partial charge >= 0.3 is 0 Å². The summed E-state index contributed by atoms with van der Waals surface area (Å²) in [5.74, 6) is 2.15. The molecule has 1 amide bonds. The zero-order valence-corrected chi connectivity index (χ0v) is 11.1. The predicted molar refractivity (Wildman–Crippen MR) is 67.2 cm³/mol. The average molecular weight is 226 g/mol. The van der Waals surface area contributed by atoms with Crippen molar-refractivity contribution in [3.63, 3.8) is 0 Å². The van der Waals surface area contributed by atoms with Crippen LogP contribution in [0.25, 0.3) is 0 Å². The van der Waals surface area contributed by atoms with E-state index in [1.807, 2.05) is 0 Å². The van der Waals surface area contributed by atoms with Crippen molar-refractivity contribution in [2.24, 2.45) is 17.8 Å². The lowest BCUT2D eigenvalue weighted by atomic mass is 9.92. The Hall–Kier alpha value is -0.570. The van der Waals surface area contributed by atoms with Gasteiger partial charge in [0, 0.05) is 19.6 Å². The molecule has 2 unspecified atom stereocenters. The highest BCUT2D eigenvalue weighted by atomic mass is 16.2. The normalized spacial score (nSPS) is 27.1. The molecule has 0 aliphatic carbocycles. The fourth-order valence-corrected chi connectivity index (χ4v) is 2.50. The van der Waals surface area contributed by atoms with Crippen molar-refractivity contribution in [2.75, 3.05) is 26.2 Å². The van der Waals surface area contributed by atoms with Crippen LogP contribution in [0.15, 0.2) is 0 Å². The van der Waals surface area contributed by atoms with E-state index in [1.165, 1.54) is 6.42 Å². The number of hydrogen-bond donors (Lipinski definition) is 1. The molecule has 94 valence electrons. The number of nitrogens with one attached hydrogen (secondary N) is 1. The van der Waals surface area contributed by atoms with Crippen LogP contribution in [-0.4, -0.2) is 37.0 Å². The van der Waals surface area contributed by atoms with Gasteiger partial charge in [-0.3, -0.25) is 9.69 Å². The molecule has 0 aromatic carbocycles. The first-order chi connectivity index (χ1) is 7.47. The first-order valence-electron chi connectivity index (χ1n) is 6.46. The molecule has 3 heteroatoms. The Labute approximate surface area is 99.6 Å². The van der Waals surface area contributed by atoms with E-state index in [4.69, 9.17) is 0 Å². The van der Waals surface area contributed by atoms with Crippen LogP contribution in [0.3, 0.4) is 0 Å². The molecular formula is C13H26N2O. The Bertz CT molecular complexity index is 218. The van der Waals surface area contributed by atoms with Gasteiger partial charge in [0.2, 0.25) is 5.91 Å². The van der Waals surface area contributed by atoms with E-state index in [0.717, 1.165) is 31.5 Å². The van der Waals surface area contributed by atoms with Crippen LogP contribution in [0.4, 0.5) is 0 Å². The van der Waals surface area contributed by atoms with Crippen molar-refractivity contribution in [3.05, 3.63) is 0 Å². The fraction of sp³-hybridized carbons (Fsp3) is 0.923. The lowest BCUT2D eigenvalue weighted by molar-refractivity contribution is -0.123. The second-order valence-electron chi connectivity index (χ2n) is 5.84. The van der Waals surface area contributed by atoms with Crippen LogP contribution in [-0.2, 0) is 4.79 Å². The van der Waals surface area contributed by atoms with Gasteiger partial charge < -0.3 is 5.32 Å². The maximum Gasteiger partial charge on any atom is 0.234 e. The molecule has 16 heavy (non-hydrogen) atoms. The van der Waals surface area contributed by atoms with Gasteiger partial charge in [0.25, 0.3) is 0 Å². The Morgan fingerprint density at radius 3 is 2.38 bits per heavy atom. The highest BCUT2D eigenvalue weighted by Crippen LogP contribution is 2.20. The van der Waals surface area contributed by atoms with Crippen LogP contribution in [0.2, 0.25) is 0 Å². The van der Waals surface area contributed by atoms with Crippen molar-refractivity contribution in [1.29, 1.82) is 0 Å². The summed E-state index contributed by atoms with van der Waals surface area (Å²) in [7, 11) is 0. The van der Waals surface area contributed by atoms with Crippen LogP contribution in [0.1, 0.15) is 34.1 Å². The molecule has 0 radical (unpaired) electrons. The van der Waals surface area contributed by atoms with E-state index in [-0.39, 0.29) is 5.91 Å². The second-order valence-corrected chi connectivity index (χ2v) is 5.84. The van der Waals surface area contributed by atoms with Crippen LogP contribution in [0.5, 0.6) is 0 Å². The topological polar surface area (TPSA) is 32.3 Å². The third-order valence-corrected chi connectivity index (χ3v) is 3.02. The third-order valence-electron chi connectivity index (χ3n) is 3.02. The summed E-state index contributed by atoms with van der Waals surface area (Å²) < 4.78 is 0. The zero-order chi connectivity index (χ0) is 12.1. The minimum Gasteiger partial charge on any atom is -0.355 e. The summed E-state index contributed by atoms with van der Waals surface area (Å²) in [5, 5.41) is 2.98. The molecule has 1 fully saturated rings. The number of piperidine rings is 1. The molecule has 0 bridgehead atoms. The van der Waals surface area contributed by atoms with E-state index < -0.39 is 0 Å². The van der Waals surface area contributed by atoms with Crippen LogP contribution in [0, 0.1) is 17.8 Å². The minimum atomic E-state index is 0.176. The van der Waals surface area contributed by atoms with E-state index >= 15 is 0 Å². The number of nitrogens with zero attached hydrogens (tertiary/aromatic N) is 1. The quantitative estimate of drug-likeness (QED) is 0.792. The molecule has 0 spiro atoms. The molecule has 1 rings (SSSR count). The number of amides is 1. The number of carbonyl (C=O) groups excluding carboxylic acids is 1. The number of hydrogen-bond acceptors (Lipinski definition) is 2. The van der Waals surface area contributed by atoms with Crippen LogP contribution < -0.4 is 5.32 Å². The Morgan fingerprint density at radius 2 is 1.88 bits per heavy atom. The highest BCUT2D eigenvalue weighted by Gasteiger charge is 2.22. The highest BCUT2D eigenvalue weighted by molar-refractivity contribution is 5.78. The van der Waals surface area contributed by atoms with Gasteiger partial charge in [0.1, 0.15) is 0 Å². The maximum absolute atomic E-state index is 11.7. The molecule has 1 aliphatic rings. The van der Waals surface area contributed by atoms with Crippen LogP contribution >= 0.6 is 0 Å².